The topological polar surface area (TPSA) is 119 Å². The molecule has 3 aliphatic rings. The second-order valence-corrected chi connectivity index (χ2v) is 19.3. The van der Waals surface area contributed by atoms with Gasteiger partial charge in [0.05, 0.1) is 24.8 Å². The van der Waals surface area contributed by atoms with Gasteiger partial charge < -0.3 is 34.0 Å². The lowest BCUT2D eigenvalue weighted by Crippen LogP contribution is -2.70. The van der Waals surface area contributed by atoms with Gasteiger partial charge >= 0.3 is 6.09 Å². The number of aliphatic hydroxyl groups is 2. The maximum absolute atomic E-state index is 14.8. The van der Waals surface area contributed by atoms with Gasteiger partial charge in [0.15, 0.2) is 0 Å². The molecule has 1 heterocycles. The van der Waals surface area contributed by atoms with Crippen molar-refractivity contribution in [3.63, 3.8) is 0 Å². The number of nitrogens with zero attached hydrogens (tertiary/aromatic N) is 2. The summed E-state index contributed by atoms with van der Waals surface area (Å²) >= 11 is 0. The van der Waals surface area contributed by atoms with E-state index in [1.165, 1.54) is 51.0 Å². The van der Waals surface area contributed by atoms with E-state index in [2.05, 4.69) is 26.5 Å². The monoisotopic (exact) mass is 905 g/mol. The highest BCUT2D eigenvalue weighted by molar-refractivity contribution is 6.03. The average Bonchev–Trinajstić information content (AvgIpc) is 3.29. The second kappa shape index (κ2) is 26.4. The molecule has 0 spiro atoms. The smallest absolute Gasteiger partial charge is 0.410 e. The Hall–Kier alpha value is -3.93. The van der Waals surface area contributed by atoms with Gasteiger partial charge in [0.1, 0.15) is 35.6 Å². The molecule has 1 fully saturated rings. The van der Waals surface area contributed by atoms with E-state index in [0.717, 1.165) is 61.8 Å². The summed E-state index contributed by atoms with van der Waals surface area (Å²) in [6.45, 7) is 15.4. The number of carbonyl (C=O) groups is 1. The Kier molecular flexibility index (Phi) is 21.2. The first kappa shape index (κ1) is 52.0. The molecule has 0 bridgehead atoms. The number of benzene rings is 2. The molecule has 2 aromatic rings. The maximum atomic E-state index is 14.8. The standard InChI is InChI=1S/C54H81FN2O8/c1-7-10-11-12-13-14-15-16-17-24-35-61-52(60)57(31-8-2)49-38-47(56-65-53(4,5)6)44-36-40(25-20-22-32-58)43(27-21-23-33-59)50-45-37-42(62-39-41-26-18-19-28-46(41)55)29-30-48(45)64-54(49,51(44)50)63-34-9-3/h9,18-19,26,28-30,36-37,40,43,49-51,58-59H,3,7-8,10-17,20-25,27,31-35,38-39H2,1-2,4-6H3/t40-,43+,49-,50+,51+,54+/m0/s1. The molecule has 6 atom stereocenters. The number of halogens is 1. The number of hydrogen-bond acceptors (Lipinski definition) is 9. The summed E-state index contributed by atoms with van der Waals surface area (Å²) in [7, 11) is 0. The number of carbonyl (C=O) groups excluding carboxylic acids is 1. The van der Waals surface area contributed by atoms with Crippen molar-refractivity contribution in [2.24, 2.45) is 22.9 Å². The van der Waals surface area contributed by atoms with Crippen molar-refractivity contribution in [3.8, 4) is 11.5 Å². The zero-order valence-corrected chi connectivity index (χ0v) is 40.4. The fourth-order valence-electron chi connectivity index (χ4n) is 10.2. The Labute approximate surface area is 390 Å². The molecule has 362 valence electrons. The fraction of sp³-hybridized carbons (Fsp3) is 0.667. The van der Waals surface area contributed by atoms with Crippen LogP contribution in [0.5, 0.6) is 11.5 Å². The molecule has 2 aliphatic carbocycles. The molecular formula is C54H81FN2O8. The Balaban J connectivity index is 1.59. The number of allylic oxidation sites excluding steroid dienone is 1. The molecule has 0 saturated heterocycles. The van der Waals surface area contributed by atoms with Crippen LogP contribution >= 0.6 is 0 Å². The average molecular weight is 905 g/mol. The molecule has 2 aromatic carbocycles. The van der Waals surface area contributed by atoms with Crippen molar-refractivity contribution in [2.75, 3.05) is 33.0 Å². The van der Waals surface area contributed by atoms with Crippen LogP contribution in [0.4, 0.5) is 9.18 Å². The molecule has 0 aromatic heterocycles. The SMILES string of the molecule is C=CCO[C@@]12Oc3ccc(OCc4ccccc4F)cc3[C@H]3[C@H](CCCCO)[C@@H](CCCCO)C=C(C(=NOC(C)(C)C)C[C@@H]1N(CCC)C(=O)OCCCCCCCCCCCC)[C@H]32. The summed E-state index contributed by atoms with van der Waals surface area (Å²) in [5, 5.41) is 24.8. The number of fused-ring (bicyclic) bond motifs is 2. The summed E-state index contributed by atoms with van der Waals surface area (Å²) in [6.07, 6.45) is 21.1. The minimum Gasteiger partial charge on any atom is -0.489 e. The van der Waals surface area contributed by atoms with Crippen LogP contribution in [0.15, 0.2) is 71.9 Å². The molecule has 2 N–H and O–H groups in total. The maximum Gasteiger partial charge on any atom is 0.410 e. The predicted octanol–water partition coefficient (Wildman–Crippen LogP) is 12.6. The van der Waals surface area contributed by atoms with E-state index < -0.39 is 29.4 Å². The van der Waals surface area contributed by atoms with Gasteiger partial charge in [-0.2, -0.15) is 0 Å². The van der Waals surface area contributed by atoms with Crippen molar-refractivity contribution in [1.82, 2.24) is 4.90 Å². The normalized spacial score (nSPS) is 22.9. The van der Waals surface area contributed by atoms with Gasteiger partial charge in [0.2, 0.25) is 5.79 Å². The zero-order chi connectivity index (χ0) is 46.7. The van der Waals surface area contributed by atoms with Crippen molar-refractivity contribution in [2.45, 2.75) is 180 Å². The van der Waals surface area contributed by atoms with Crippen molar-refractivity contribution in [3.05, 3.63) is 83.7 Å². The lowest BCUT2D eigenvalue weighted by Gasteiger charge is -2.60. The molecule has 0 unspecified atom stereocenters. The van der Waals surface area contributed by atoms with Gasteiger partial charge in [-0.1, -0.05) is 120 Å². The molecule has 1 amide bonds. The highest BCUT2D eigenvalue weighted by Gasteiger charge is 2.65. The molecular weight excluding hydrogens is 824 g/mol. The van der Waals surface area contributed by atoms with E-state index in [0.29, 0.717) is 55.9 Å². The minimum absolute atomic E-state index is 0.0524. The number of oxime groups is 1. The first-order valence-electron chi connectivity index (χ1n) is 25.1. The van der Waals surface area contributed by atoms with Crippen LogP contribution < -0.4 is 9.47 Å². The zero-order valence-electron chi connectivity index (χ0n) is 40.4. The molecule has 65 heavy (non-hydrogen) atoms. The van der Waals surface area contributed by atoms with Gasteiger partial charge in [-0.05, 0) is 101 Å². The van der Waals surface area contributed by atoms with Crippen LogP contribution in [-0.4, -0.2) is 77.3 Å². The quantitative estimate of drug-likeness (QED) is 0.0471. The fourth-order valence-corrected chi connectivity index (χ4v) is 10.2. The van der Waals surface area contributed by atoms with E-state index in [1.54, 1.807) is 24.3 Å². The van der Waals surface area contributed by atoms with Gasteiger partial charge in [-0.25, -0.2) is 9.18 Å². The Morgan fingerprint density at radius 2 is 1.62 bits per heavy atom. The molecule has 1 saturated carbocycles. The molecule has 10 nitrogen and oxygen atoms in total. The number of amides is 1. The van der Waals surface area contributed by atoms with Gasteiger partial charge in [-0.3, -0.25) is 4.90 Å². The molecule has 0 radical (unpaired) electrons. The Morgan fingerprint density at radius 1 is 0.923 bits per heavy atom. The van der Waals surface area contributed by atoms with E-state index in [-0.39, 0.29) is 50.0 Å². The van der Waals surface area contributed by atoms with Crippen molar-refractivity contribution in [1.29, 1.82) is 0 Å². The molecule has 1 aliphatic heterocycles. The van der Waals surface area contributed by atoms with Crippen LogP contribution in [0.2, 0.25) is 0 Å². The first-order chi connectivity index (χ1) is 31.5. The summed E-state index contributed by atoms with van der Waals surface area (Å²) in [5.41, 5.74) is 2.51. The van der Waals surface area contributed by atoms with Gasteiger partial charge in [0, 0.05) is 43.2 Å². The Morgan fingerprint density at radius 3 is 2.28 bits per heavy atom. The highest BCUT2D eigenvalue weighted by Crippen LogP contribution is 2.62. The van der Waals surface area contributed by atoms with Crippen molar-refractivity contribution < 1.29 is 43.2 Å². The predicted molar refractivity (Wildman–Crippen MR) is 257 cm³/mol. The van der Waals surface area contributed by atoms with Crippen LogP contribution in [0.25, 0.3) is 0 Å². The third-order valence-electron chi connectivity index (χ3n) is 13.2. The lowest BCUT2D eigenvalue weighted by molar-refractivity contribution is -0.255. The lowest BCUT2D eigenvalue weighted by atomic mass is 9.55. The van der Waals surface area contributed by atoms with E-state index in [4.69, 9.17) is 28.9 Å². The largest absolute Gasteiger partial charge is 0.489 e. The number of unbranched alkanes of at least 4 members (excludes halogenated alkanes) is 11. The molecule has 11 heteroatoms. The Bertz CT molecular complexity index is 1830. The number of aliphatic hydroxyl groups excluding tert-OH is 2. The van der Waals surface area contributed by atoms with E-state index >= 15 is 0 Å². The summed E-state index contributed by atoms with van der Waals surface area (Å²) in [6, 6.07) is 11.8. The second-order valence-electron chi connectivity index (χ2n) is 19.3. The van der Waals surface area contributed by atoms with Gasteiger partial charge in [0.25, 0.3) is 0 Å². The first-order valence-corrected chi connectivity index (χ1v) is 25.1. The van der Waals surface area contributed by atoms with Crippen molar-refractivity contribution >= 4 is 11.8 Å². The van der Waals surface area contributed by atoms with Crippen LogP contribution in [0.3, 0.4) is 0 Å². The highest BCUT2D eigenvalue weighted by atomic mass is 19.1. The van der Waals surface area contributed by atoms with Crippen LogP contribution in [0, 0.1) is 23.6 Å². The minimum atomic E-state index is -1.38. The summed E-state index contributed by atoms with van der Waals surface area (Å²) < 4.78 is 41.7. The molecule has 5 rings (SSSR count). The third-order valence-corrected chi connectivity index (χ3v) is 13.2. The number of hydrogen-bond donors (Lipinski definition) is 2. The summed E-state index contributed by atoms with van der Waals surface area (Å²) in [5.74, 6) is -1.04. The van der Waals surface area contributed by atoms with Crippen LogP contribution in [-0.2, 0) is 20.9 Å². The third kappa shape index (κ3) is 14.3. The van der Waals surface area contributed by atoms with Crippen LogP contribution in [0.1, 0.15) is 167 Å². The van der Waals surface area contributed by atoms with E-state index in [1.807, 2.05) is 43.9 Å². The number of ether oxygens (including phenoxy) is 4. The number of rotatable bonds is 29. The van der Waals surface area contributed by atoms with E-state index in [9.17, 15) is 19.4 Å². The summed E-state index contributed by atoms with van der Waals surface area (Å²) in [4.78, 5) is 22.7. The van der Waals surface area contributed by atoms with Gasteiger partial charge in [-0.15, -0.1) is 6.58 Å².